The Hall–Kier alpha value is -2.19. The number of hydrogen-bond donors (Lipinski definition) is 1. The molecule has 1 unspecified atom stereocenters. The van der Waals surface area contributed by atoms with Crippen LogP contribution in [0.2, 0.25) is 0 Å². The highest BCUT2D eigenvalue weighted by Crippen LogP contribution is 2.24. The molecule has 2 heterocycles. The van der Waals surface area contributed by atoms with E-state index in [1.54, 1.807) is 11.6 Å². The van der Waals surface area contributed by atoms with E-state index in [0.717, 1.165) is 16.8 Å². The van der Waals surface area contributed by atoms with Gasteiger partial charge >= 0.3 is 0 Å². The molecule has 1 aromatic carbocycles. The maximum absolute atomic E-state index is 12.7. The van der Waals surface area contributed by atoms with Crippen molar-refractivity contribution in [3.8, 4) is 0 Å². The lowest BCUT2D eigenvalue weighted by Crippen LogP contribution is -2.43. The summed E-state index contributed by atoms with van der Waals surface area (Å²) in [5, 5.41) is 2.95. The quantitative estimate of drug-likeness (QED) is 0.885. The van der Waals surface area contributed by atoms with Gasteiger partial charge in [0.25, 0.3) is 10.0 Å². The standard InChI is InChI=1S/C18H24N4O3S/c1-13-7-14(2)9-16(8-13)20-18(23)15-5-4-6-22(10-15)26(24,25)17-11-21(3)12-19-17/h7-9,11-12,15H,4-6,10H2,1-3H3,(H,20,23). The molecule has 1 fully saturated rings. The van der Waals surface area contributed by atoms with E-state index in [4.69, 9.17) is 0 Å². The van der Waals surface area contributed by atoms with Crippen LogP contribution < -0.4 is 5.32 Å². The van der Waals surface area contributed by atoms with Crippen molar-refractivity contribution in [1.82, 2.24) is 13.9 Å². The van der Waals surface area contributed by atoms with Crippen molar-refractivity contribution >= 4 is 21.6 Å². The molecule has 1 N–H and O–H groups in total. The predicted octanol–water partition coefficient (Wildman–Crippen LogP) is 2.08. The van der Waals surface area contributed by atoms with E-state index in [9.17, 15) is 13.2 Å². The van der Waals surface area contributed by atoms with Crippen molar-refractivity contribution in [2.24, 2.45) is 13.0 Å². The fourth-order valence-electron chi connectivity index (χ4n) is 3.32. The molecule has 0 bridgehead atoms. The van der Waals surface area contributed by atoms with Gasteiger partial charge in [-0.15, -0.1) is 0 Å². The molecule has 0 radical (unpaired) electrons. The van der Waals surface area contributed by atoms with Crippen molar-refractivity contribution in [2.75, 3.05) is 18.4 Å². The van der Waals surface area contributed by atoms with Gasteiger partial charge in [0.15, 0.2) is 5.03 Å². The highest BCUT2D eigenvalue weighted by atomic mass is 32.2. The highest BCUT2D eigenvalue weighted by Gasteiger charge is 2.34. The van der Waals surface area contributed by atoms with E-state index in [2.05, 4.69) is 10.3 Å². The number of nitrogens with one attached hydrogen (secondary N) is 1. The van der Waals surface area contributed by atoms with Crippen molar-refractivity contribution in [3.63, 3.8) is 0 Å². The number of imidazole rings is 1. The number of benzene rings is 1. The van der Waals surface area contributed by atoms with E-state index in [0.29, 0.717) is 19.4 Å². The van der Waals surface area contributed by atoms with Crippen molar-refractivity contribution < 1.29 is 13.2 Å². The van der Waals surface area contributed by atoms with Gasteiger partial charge in [0.05, 0.1) is 12.2 Å². The van der Waals surface area contributed by atoms with Crippen LogP contribution >= 0.6 is 0 Å². The smallest absolute Gasteiger partial charge is 0.262 e. The summed E-state index contributed by atoms with van der Waals surface area (Å²) in [6.45, 7) is 4.54. The van der Waals surface area contributed by atoms with E-state index in [-0.39, 0.29) is 23.4 Å². The summed E-state index contributed by atoms with van der Waals surface area (Å²) < 4.78 is 28.4. The summed E-state index contributed by atoms with van der Waals surface area (Å²) >= 11 is 0. The second kappa shape index (κ2) is 7.20. The highest BCUT2D eigenvalue weighted by molar-refractivity contribution is 7.89. The summed E-state index contributed by atoms with van der Waals surface area (Å²) in [6, 6.07) is 5.86. The average molecular weight is 376 g/mol. The van der Waals surface area contributed by atoms with Crippen LogP contribution in [0.15, 0.2) is 35.7 Å². The third kappa shape index (κ3) is 3.96. The van der Waals surface area contributed by atoms with Crippen LogP contribution in [0.25, 0.3) is 0 Å². The zero-order valence-corrected chi connectivity index (χ0v) is 16.1. The van der Waals surface area contributed by atoms with Crippen molar-refractivity contribution in [2.45, 2.75) is 31.7 Å². The number of carbonyl (C=O) groups excluding carboxylic acids is 1. The molecule has 3 rings (SSSR count). The van der Waals surface area contributed by atoms with Gasteiger partial charge in [-0.3, -0.25) is 4.79 Å². The summed E-state index contributed by atoms with van der Waals surface area (Å²) in [5.74, 6) is -0.515. The Morgan fingerprint density at radius 3 is 2.54 bits per heavy atom. The Labute approximate surface area is 154 Å². The topological polar surface area (TPSA) is 84.3 Å². The van der Waals surface area contributed by atoms with Gasteiger partial charge in [-0.1, -0.05) is 6.07 Å². The largest absolute Gasteiger partial charge is 0.339 e. The number of aromatic nitrogens is 2. The summed E-state index contributed by atoms with van der Waals surface area (Å²) in [7, 11) is -1.95. The molecule has 0 spiro atoms. The molecule has 1 atom stereocenters. The van der Waals surface area contributed by atoms with Crippen LogP contribution in [0.1, 0.15) is 24.0 Å². The normalized spacial score (nSPS) is 18.7. The Morgan fingerprint density at radius 2 is 1.92 bits per heavy atom. The van der Waals surface area contributed by atoms with E-state index in [1.165, 1.54) is 16.8 Å². The third-order valence-corrected chi connectivity index (χ3v) is 6.28. The molecule has 7 nitrogen and oxygen atoms in total. The van der Waals surface area contributed by atoms with Crippen LogP contribution in [0.4, 0.5) is 5.69 Å². The molecule has 140 valence electrons. The molecule has 0 aliphatic carbocycles. The number of aryl methyl sites for hydroxylation is 3. The minimum Gasteiger partial charge on any atom is -0.339 e. The maximum atomic E-state index is 12.7. The molecule has 1 aliphatic heterocycles. The molecular formula is C18H24N4O3S. The minimum absolute atomic E-state index is 0.0235. The van der Waals surface area contributed by atoms with Crippen LogP contribution in [-0.2, 0) is 21.9 Å². The molecule has 1 aromatic heterocycles. The zero-order chi connectivity index (χ0) is 18.9. The Balaban J connectivity index is 1.72. The average Bonchev–Trinajstić information content (AvgIpc) is 3.01. The first-order chi connectivity index (χ1) is 12.3. The zero-order valence-electron chi connectivity index (χ0n) is 15.3. The fourth-order valence-corrected chi connectivity index (χ4v) is 4.81. The number of hydrogen-bond acceptors (Lipinski definition) is 4. The molecular weight excluding hydrogens is 352 g/mol. The molecule has 2 aromatic rings. The molecule has 26 heavy (non-hydrogen) atoms. The Morgan fingerprint density at radius 1 is 1.23 bits per heavy atom. The van der Waals surface area contributed by atoms with Crippen LogP contribution in [0, 0.1) is 19.8 Å². The molecule has 0 saturated carbocycles. The lowest BCUT2D eigenvalue weighted by molar-refractivity contribution is -0.120. The fraction of sp³-hybridized carbons (Fsp3) is 0.444. The predicted molar refractivity (Wildman–Crippen MR) is 99.2 cm³/mol. The van der Waals surface area contributed by atoms with Crippen LogP contribution in [0.3, 0.4) is 0 Å². The van der Waals surface area contributed by atoms with Gasteiger partial charge in [-0.2, -0.15) is 4.31 Å². The number of piperidine rings is 1. The molecule has 8 heteroatoms. The van der Waals surface area contributed by atoms with Crippen molar-refractivity contribution in [1.29, 1.82) is 0 Å². The number of sulfonamides is 1. The summed E-state index contributed by atoms with van der Waals surface area (Å²) in [4.78, 5) is 16.6. The number of nitrogens with zero attached hydrogens (tertiary/aromatic N) is 3. The van der Waals surface area contributed by atoms with Gasteiger partial charge in [-0.25, -0.2) is 13.4 Å². The number of amides is 1. The maximum Gasteiger partial charge on any atom is 0.262 e. The number of rotatable bonds is 4. The van der Waals surface area contributed by atoms with Crippen molar-refractivity contribution in [3.05, 3.63) is 41.9 Å². The van der Waals surface area contributed by atoms with Gasteiger partial charge < -0.3 is 9.88 Å². The summed E-state index contributed by atoms with van der Waals surface area (Å²) in [5.41, 5.74) is 2.89. The SMILES string of the molecule is Cc1cc(C)cc(NC(=O)C2CCCN(S(=O)(=O)c3cn(C)cn3)C2)c1. The van der Waals surface area contributed by atoms with E-state index < -0.39 is 10.0 Å². The first kappa shape index (κ1) is 18.6. The minimum atomic E-state index is -3.67. The monoisotopic (exact) mass is 376 g/mol. The molecule has 1 aliphatic rings. The van der Waals surface area contributed by atoms with E-state index >= 15 is 0 Å². The summed E-state index contributed by atoms with van der Waals surface area (Å²) in [6.07, 6.45) is 4.26. The number of anilines is 1. The lowest BCUT2D eigenvalue weighted by Gasteiger charge is -2.30. The third-order valence-electron chi connectivity index (χ3n) is 4.53. The Bertz CT molecular complexity index is 900. The second-order valence-electron chi connectivity index (χ2n) is 6.95. The first-order valence-corrected chi connectivity index (χ1v) is 10.1. The van der Waals surface area contributed by atoms with Crippen LogP contribution in [0.5, 0.6) is 0 Å². The van der Waals surface area contributed by atoms with E-state index in [1.807, 2.05) is 32.0 Å². The van der Waals surface area contributed by atoms with Gasteiger partial charge in [0.1, 0.15) is 0 Å². The second-order valence-corrected chi connectivity index (χ2v) is 8.83. The van der Waals surface area contributed by atoms with Gasteiger partial charge in [-0.05, 0) is 49.9 Å². The number of carbonyl (C=O) groups is 1. The first-order valence-electron chi connectivity index (χ1n) is 8.63. The van der Waals surface area contributed by atoms with Crippen LogP contribution in [-0.4, -0.2) is 41.3 Å². The van der Waals surface area contributed by atoms with Gasteiger partial charge in [0.2, 0.25) is 5.91 Å². The van der Waals surface area contributed by atoms with Gasteiger partial charge in [0, 0.05) is 32.0 Å². The lowest BCUT2D eigenvalue weighted by atomic mass is 9.98. The Kier molecular flexibility index (Phi) is 5.15. The molecule has 1 saturated heterocycles. The molecule has 1 amide bonds.